The van der Waals surface area contributed by atoms with E-state index in [1.807, 2.05) is 30.3 Å². The molecule has 3 aromatic rings. The Morgan fingerprint density at radius 2 is 1.48 bits per heavy atom. The number of aryl methyl sites for hydroxylation is 3. The summed E-state index contributed by atoms with van der Waals surface area (Å²) in [6, 6.07) is 16.0. The second-order valence-corrected chi connectivity index (χ2v) is 15.4. The summed E-state index contributed by atoms with van der Waals surface area (Å²) >= 11 is 0. The number of unbranched alkanes of at least 4 members (excludes halogenated alkanes) is 2. The van der Waals surface area contributed by atoms with Crippen LogP contribution in [0.15, 0.2) is 60.7 Å². The summed E-state index contributed by atoms with van der Waals surface area (Å²) in [5, 5.41) is 39.9. The molecule has 0 bridgehead atoms. The number of halogens is 1. The number of aliphatic hydroxyl groups excluding tert-OH is 4. The van der Waals surface area contributed by atoms with Crippen molar-refractivity contribution < 1.29 is 39.1 Å². The summed E-state index contributed by atoms with van der Waals surface area (Å²) < 4.78 is 27.5. The summed E-state index contributed by atoms with van der Waals surface area (Å²) in [4.78, 5) is 12.1. The third-order valence-electron chi connectivity index (χ3n) is 11.2. The molecule has 0 spiro atoms. The van der Waals surface area contributed by atoms with Gasteiger partial charge in [0, 0.05) is 24.4 Å². The molecular formula is C46H63FO7. The monoisotopic (exact) mass is 746 g/mol. The van der Waals surface area contributed by atoms with Crippen molar-refractivity contribution in [1.82, 2.24) is 0 Å². The van der Waals surface area contributed by atoms with Gasteiger partial charge in [-0.25, -0.2) is 9.18 Å². The highest BCUT2D eigenvalue weighted by Gasteiger charge is 2.33. The maximum absolute atomic E-state index is 15.9. The van der Waals surface area contributed by atoms with Gasteiger partial charge < -0.3 is 29.9 Å². The molecule has 1 fully saturated rings. The van der Waals surface area contributed by atoms with E-state index in [1.165, 1.54) is 45.4 Å². The second-order valence-electron chi connectivity index (χ2n) is 15.4. The maximum Gasteiger partial charge on any atom is 0.333 e. The summed E-state index contributed by atoms with van der Waals surface area (Å²) in [7, 11) is 0. The van der Waals surface area contributed by atoms with Crippen molar-refractivity contribution in [3.05, 3.63) is 88.8 Å². The van der Waals surface area contributed by atoms with Crippen molar-refractivity contribution in [3.63, 3.8) is 0 Å². The van der Waals surface area contributed by atoms with Gasteiger partial charge in [-0.15, -0.1) is 0 Å². The first-order valence-electron chi connectivity index (χ1n) is 20.1. The average Bonchev–Trinajstić information content (AvgIpc) is 3.19. The van der Waals surface area contributed by atoms with Crippen molar-refractivity contribution in [2.45, 2.75) is 110 Å². The van der Waals surface area contributed by atoms with Crippen molar-refractivity contribution in [3.8, 4) is 28.0 Å². The first-order valence-corrected chi connectivity index (χ1v) is 20.1. The highest BCUT2D eigenvalue weighted by atomic mass is 19.1. The molecule has 0 unspecified atom stereocenters. The molecule has 0 saturated heterocycles. The molecule has 8 heteroatoms. The van der Waals surface area contributed by atoms with Crippen LogP contribution in [0.4, 0.5) is 4.39 Å². The van der Waals surface area contributed by atoms with Crippen LogP contribution in [0.3, 0.4) is 0 Å². The lowest BCUT2D eigenvalue weighted by molar-refractivity contribution is -0.146. The Morgan fingerprint density at radius 1 is 0.796 bits per heavy atom. The number of hydrogen-bond acceptors (Lipinski definition) is 7. The van der Waals surface area contributed by atoms with Gasteiger partial charge >= 0.3 is 5.97 Å². The molecule has 54 heavy (non-hydrogen) atoms. The zero-order chi connectivity index (χ0) is 39.1. The van der Waals surface area contributed by atoms with Gasteiger partial charge in [0.05, 0.1) is 18.6 Å². The Balaban J connectivity index is 1.62. The van der Waals surface area contributed by atoms with Crippen LogP contribution in [-0.4, -0.2) is 66.0 Å². The molecule has 0 amide bonds. The van der Waals surface area contributed by atoms with E-state index in [9.17, 15) is 25.2 Å². The first-order chi connectivity index (χ1) is 26.1. The number of carbonyl (C=O) groups excluding carboxylic acids is 1. The van der Waals surface area contributed by atoms with Crippen LogP contribution in [0.5, 0.6) is 5.75 Å². The predicted molar refractivity (Wildman–Crippen MR) is 214 cm³/mol. The predicted octanol–water partition coefficient (Wildman–Crippen LogP) is 8.90. The Hall–Kier alpha value is -3.56. The van der Waals surface area contributed by atoms with Crippen molar-refractivity contribution in [2.75, 3.05) is 39.6 Å². The van der Waals surface area contributed by atoms with Crippen LogP contribution in [0.2, 0.25) is 0 Å². The number of carbonyl (C=O) groups is 1. The quantitative estimate of drug-likeness (QED) is 0.0461. The van der Waals surface area contributed by atoms with Gasteiger partial charge in [0.2, 0.25) is 0 Å². The van der Waals surface area contributed by atoms with Gasteiger partial charge in [-0.2, -0.15) is 0 Å². The van der Waals surface area contributed by atoms with E-state index in [0.29, 0.717) is 49.3 Å². The molecule has 0 atom stereocenters. The Morgan fingerprint density at radius 3 is 2.09 bits per heavy atom. The Bertz CT molecular complexity index is 1650. The molecule has 7 nitrogen and oxygen atoms in total. The second kappa shape index (κ2) is 21.5. The highest BCUT2D eigenvalue weighted by Crippen LogP contribution is 2.40. The fourth-order valence-corrected chi connectivity index (χ4v) is 7.65. The van der Waals surface area contributed by atoms with Gasteiger partial charge in [-0.05, 0) is 134 Å². The van der Waals surface area contributed by atoms with Crippen LogP contribution in [0.1, 0.15) is 113 Å². The van der Waals surface area contributed by atoms with E-state index in [0.717, 1.165) is 57.7 Å². The van der Waals surface area contributed by atoms with E-state index < -0.39 is 24.6 Å². The lowest BCUT2D eigenvalue weighted by Gasteiger charge is -2.30. The van der Waals surface area contributed by atoms with E-state index >= 15 is 4.39 Å². The van der Waals surface area contributed by atoms with E-state index in [-0.39, 0.29) is 37.8 Å². The van der Waals surface area contributed by atoms with Gasteiger partial charge in [0.15, 0.2) is 0 Å². The van der Waals surface area contributed by atoms with Gasteiger partial charge in [0.1, 0.15) is 24.8 Å². The molecule has 3 aromatic carbocycles. The molecule has 0 aromatic heterocycles. The van der Waals surface area contributed by atoms with E-state index in [2.05, 4.69) is 32.6 Å². The summed E-state index contributed by atoms with van der Waals surface area (Å²) in [6.07, 6.45) is 12.7. The fourth-order valence-electron chi connectivity index (χ4n) is 7.65. The number of aliphatic hydroxyl groups is 4. The molecule has 4 rings (SSSR count). The summed E-state index contributed by atoms with van der Waals surface area (Å²) in [5.41, 5.74) is 6.24. The summed E-state index contributed by atoms with van der Waals surface area (Å²) in [5.74, 6) is 0.937. The molecule has 0 aliphatic heterocycles. The minimum Gasteiger partial charge on any atom is -0.492 e. The minimum absolute atomic E-state index is 0.00291. The smallest absolute Gasteiger partial charge is 0.333 e. The zero-order valence-electron chi connectivity index (χ0n) is 32.8. The molecule has 4 N–H and O–H groups in total. The topological polar surface area (TPSA) is 116 Å². The van der Waals surface area contributed by atoms with Gasteiger partial charge in [-0.3, -0.25) is 0 Å². The number of ether oxygens (including phenoxy) is 2. The minimum atomic E-state index is -1.25. The maximum atomic E-state index is 15.9. The van der Waals surface area contributed by atoms with Crippen molar-refractivity contribution >= 4 is 5.97 Å². The lowest BCUT2D eigenvalue weighted by atomic mass is 9.77. The zero-order valence-corrected chi connectivity index (χ0v) is 32.8. The van der Waals surface area contributed by atoms with Gasteiger partial charge in [-0.1, -0.05) is 76.4 Å². The molecule has 0 radical (unpaired) electrons. The molecular weight excluding hydrogens is 683 g/mol. The summed E-state index contributed by atoms with van der Waals surface area (Å²) in [6.45, 7) is 8.06. The van der Waals surface area contributed by atoms with Crippen LogP contribution in [-0.2, 0) is 28.8 Å². The van der Waals surface area contributed by atoms with Crippen LogP contribution < -0.4 is 4.74 Å². The average molecular weight is 747 g/mol. The lowest BCUT2D eigenvalue weighted by Crippen LogP contribution is -2.41. The highest BCUT2D eigenvalue weighted by molar-refractivity contribution is 5.87. The number of benzene rings is 3. The Labute approximate surface area is 322 Å². The standard InChI is InChI=1S/C46H63FO7/c1-5-7-8-11-33-14-16-35(17-15-33)36-18-21-41(43(47)26-36)40-20-19-38(24-34(40)6-2)42-25-39(13-10-23-49)44(27-37(42)12-9-22-48)53-30-46(28-50,29-51)31-54-45(52)32(3)4/h18-21,24-27,33,35,48-51H,3,5-17,22-23,28-31H2,1-2,4H3. The van der Waals surface area contributed by atoms with E-state index in [4.69, 9.17) is 9.47 Å². The third-order valence-corrected chi connectivity index (χ3v) is 11.2. The Kier molecular flexibility index (Phi) is 17.2. The SMILES string of the molecule is C=C(C)C(=O)OCC(CO)(CO)COc1cc(CCCO)c(-c2ccc(-c3ccc(C4CCC(CCCCC)CC4)cc3F)c(CC)c2)cc1CCCO. The molecule has 296 valence electrons. The largest absolute Gasteiger partial charge is 0.492 e. The normalized spacial score (nSPS) is 16.0. The van der Waals surface area contributed by atoms with Crippen LogP contribution in [0.25, 0.3) is 22.3 Å². The molecule has 1 aliphatic rings. The van der Waals surface area contributed by atoms with Gasteiger partial charge in [0.25, 0.3) is 0 Å². The fraction of sp³-hybridized carbons (Fsp3) is 0.543. The van der Waals surface area contributed by atoms with Crippen molar-refractivity contribution in [2.24, 2.45) is 11.3 Å². The van der Waals surface area contributed by atoms with Crippen LogP contribution >= 0.6 is 0 Å². The molecule has 0 heterocycles. The van der Waals surface area contributed by atoms with Crippen LogP contribution in [0, 0.1) is 17.2 Å². The number of rotatable bonds is 22. The number of esters is 1. The third kappa shape index (κ3) is 11.5. The number of hydrogen-bond donors (Lipinski definition) is 4. The van der Waals surface area contributed by atoms with Crippen molar-refractivity contribution in [1.29, 1.82) is 0 Å². The molecule has 1 saturated carbocycles. The first kappa shape index (κ1) is 43.2. The van der Waals surface area contributed by atoms with E-state index in [1.54, 1.807) is 6.07 Å². The molecule has 1 aliphatic carbocycles.